The van der Waals surface area contributed by atoms with Crippen LogP contribution in [0.3, 0.4) is 0 Å². The lowest BCUT2D eigenvalue weighted by Crippen LogP contribution is -2.44. The van der Waals surface area contributed by atoms with Gasteiger partial charge in [0.25, 0.3) is 0 Å². The van der Waals surface area contributed by atoms with Crippen LogP contribution in [0.15, 0.2) is 66.7 Å². The number of carbonyl (C=O) groups is 2. The molecule has 1 heterocycles. The summed E-state index contributed by atoms with van der Waals surface area (Å²) in [5.74, 6) is -0.429. The second-order valence-electron chi connectivity index (χ2n) is 9.97. The van der Waals surface area contributed by atoms with Crippen LogP contribution in [-0.4, -0.2) is 36.5 Å². The summed E-state index contributed by atoms with van der Waals surface area (Å²) in [5, 5.41) is 3.08. The summed E-state index contributed by atoms with van der Waals surface area (Å²) >= 11 is 0. The minimum Gasteiger partial charge on any atom is -0.372 e. The van der Waals surface area contributed by atoms with Crippen molar-refractivity contribution in [2.75, 3.05) is 24.5 Å². The summed E-state index contributed by atoms with van der Waals surface area (Å²) in [7, 11) is 0. The van der Waals surface area contributed by atoms with E-state index in [9.17, 15) is 22.8 Å². The second kappa shape index (κ2) is 12.4. The van der Waals surface area contributed by atoms with Gasteiger partial charge in [0.2, 0.25) is 5.91 Å². The molecule has 3 aromatic carbocycles. The van der Waals surface area contributed by atoms with E-state index in [1.54, 1.807) is 4.90 Å². The number of nitrogens with zero attached hydrogens (tertiary/aromatic N) is 2. The summed E-state index contributed by atoms with van der Waals surface area (Å²) in [5.41, 5.74) is 10.2. The highest BCUT2D eigenvalue weighted by atomic mass is 19.4. The first kappa shape index (κ1) is 29.0. The van der Waals surface area contributed by atoms with Gasteiger partial charge in [0.1, 0.15) is 0 Å². The van der Waals surface area contributed by atoms with Crippen molar-refractivity contribution >= 4 is 17.6 Å². The SMILES string of the molecule is CCN(CC)c1cc2c(c(-c3ccc(C(F)(F)F)cc3)c1)CCN(C(=O)N[C@@H](CCC(N)=O)c1ccccc1)C2. The number of rotatable bonds is 9. The molecule has 3 N–H and O–H groups in total. The lowest BCUT2D eigenvalue weighted by molar-refractivity contribution is -0.137. The molecule has 9 heteroatoms. The Morgan fingerprint density at radius 2 is 1.70 bits per heavy atom. The number of fused-ring (bicyclic) bond motifs is 1. The summed E-state index contributed by atoms with van der Waals surface area (Å²) in [6, 6.07) is 18.2. The molecule has 40 heavy (non-hydrogen) atoms. The van der Waals surface area contributed by atoms with Crippen molar-refractivity contribution in [2.45, 2.75) is 51.9 Å². The van der Waals surface area contributed by atoms with E-state index in [2.05, 4.69) is 30.1 Å². The highest BCUT2D eigenvalue weighted by molar-refractivity contribution is 5.78. The Morgan fingerprint density at radius 3 is 2.30 bits per heavy atom. The number of primary amides is 1. The van der Waals surface area contributed by atoms with Crippen LogP contribution in [0, 0.1) is 0 Å². The molecule has 3 amide bonds. The van der Waals surface area contributed by atoms with Crippen LogP contribution in [0.4, 0.5) is 23.7 Å². The van der Waals surface area contributed by atoms with Gasteiger partial charge in [-0.15, -0.1) is 0 Å². The highest BCUT2D eigenvalue weighted by Gasteiger charge is 2.31. The Hall–Kier alpha value is -4.01. The van der Waals surface area contributed by atoms with Gasteiger partial charge in [0.05, 0.1) is 11.6 Å². The van der Waals surface area contributed by atoms with E-state index in [0.717, 1.165) is 53.2 Å². The van der Waals surface area contributed by atoms with E-state index in [1.807, 2.05) is 36.4 Å². The van der Waals surface area contributed by atoms with Crippen molar-refractivity contribution in [3.63, 3.8) is 0 Å². The van der Waals surface area contributed by atoms with Gasteiger partial charge in [-0.3, -0.25) is 4.79 Å². The molecule has 0 saturated carbocycles. The summed E-state index contributed by atoms with van der Waals surface area (Å²) in [6.07, 6.45) is -3.30. The largest absolute Gasteiger partial charge is 0.416 e. The molecule has 1 aliphatic rings. The Bertz CT molecular complexity index is 1320. The zero-order chi connectivity index (χ0) is 28.9. The molecule has 0 aromatic heterocycles. The van der Waals surface area contributed by atoms with E-state index in [0.29, 0.717) is 31.5 Å². The maximum atomic E-state index is 13.4. The molecule has 0 bridgehead atoms. The van der Waals surface area contributed by atoms with Gasteiger partial charge < -0.3 is 20.9 Å². The van der Waals surface area contributed by atoms with Crippen molar-refractivity contribution in [3.8, 4) is 11.1 Å². The van der Waals surface area contributed by atoms with Crippen molar-refractivity contribution in [3.05, 3.63) is 89.0 Å². The van der Waals surface area contributed by atoms with Crippen LogP contribution in [-0.2, 0) is 23.9 Å². The average Bonchev–Trinajstić information content (AvgIpc) is 2.95. The Balaban J connectivity index is 1.63. The van der Waals surface area contributed by atoms with E-state index in [-0.39, 0.29) is 18.5 Å². The molecule has 3 aromatic rings. The van der Waals surface area contributed by atoms with Crippen LogP contribution in [0.5, 0.6) is 0 Å². The Morgan fingerprint density at radius 1 is 1.02 bits per heavy atom. The quantitative estimate of drug-likeness (QED) is 0.327. The first-order chi connectivity index (χ1) is 19.1. The number of nitrogens with one attached hydrogen (secondary N) is 1. The Labute approximate surface area is 233 Å². The number of nitrogens with two attached hydrogens (primary N) is 1. The van der Waals surface area contributed by atoms with Crippen molar-refractivity contribution in [1.82, 2.24) is 10.2 Å². The van der Waals surface area contributed by atoms with Gasteiger partial charge in [-0.1, -0.05) is 42.5 Å². The van der Waals surface area contributed by atoms with Crippen LogP contribution in [0.1, 0.15) is 55.0 Å². The molecule has 1 aliphatic heterocycles. The molecule has 1 atom stereocenters. The molecule has 0 aliphatic carbocycles. The molecule has 0 unspecified atom stereocenters. The Kier molecular flexibility index (Phi) is 9.02. The number of anilines is 1. The third-order valence-electron chi connectivity index (χ3n) is 7.44. The van der Waals surface area contributed by atoms with Crippen molar-refractivity contribution in [1.29, 1.82) is 0 Å². The van der Waals surface area contributed by atoms with Crippen molar-refractivity contribution in [2.24, 2.45) is 5.73 Å². The lowest BCUT2D eigenvalue weighted by Gasteiger charge is -2.33. The number of hydrogen-bond acceptors (Lipinski definition) is 3. The fourth-order valence-electron chi connectivity index (χ4n) is 5.26. The lowest BCUT2D eigenvalue weighted by atomic mass is 9.89. The number of alkyl halides is 3. The van der Waals surface area contributed by atoms with E-state index in [1.165, 1.54) is 12.1 Å². The van der Waals surface area contributed by atoms with Crippen molar-refractivity contribution < 1.29 is 22.8 Å². The standard InChI is InChI=1S/C31H35F3N4O2/c1-3-37(4-2)25-18-23-20-38(30(40)36-28(14-15-29(35)39)22-8-6-5-7-9-22)17-16-26(23)27(19-25)21-10-12-24(13-11-21)31(32,33)34/h5-13,18-19,28H,3-4,14-17,20H2,1-2H3,(H2,35,39)(H,36,40)/t28-/m0/s1. The summed E-state index contributed by atoms with van der Waals surface area (Å²) in [6.45, 7) is 6.46. The fourth-order valence-corrected chi connectivity index (χ4v) is 5.26. The zero-order valence-corrected chi connectivity index (χ0v) is 22.8. The average molecular weight is 553 g/mol. The van der Waals surface area contributed by atoms with Crippen LogP contribution >= 0.6 is 0 Å². The second-order valence-corrected chi connectivity index (χ2v) is 9.97. The molecule has 212 valence electrons. The zero-order valence-electron chi connectivity index (χ0n) is 22.8. The van der Waals surface area contributed by atoms with Crippen LogP contribution in [0.2, 0.25) is 0 Å². The number of hydrogen-bond donors (Lipinski definition) is 2. The number of amides is 3. The third kappa shape index (κ3) is 6.76. The first-order valence-corrected chi connectivity index (χ1v) is 13.6. The topological polar surface area (TPSA) is 78.7 Å². The monoisotopic (exact) mass is 552 g/mol. The predicted molar refractivity (Wildman–Crippen MR) is 151 cm³/mol. The molecular formula is C31H35F3N4O2. The molecule has 6 nitrogen and oxygen atoms in total. The van der Waals surface area contributed by atoms with E-state index in [4.69, 9.17) is 5.73 Å². The number of benzene rings is 3. The third-order valence-corrected chi connectivity index (χ3v) is 7.44. The molecule has 0 saturated heterocycles. The number of halogens is 3. The first-order valence-electron chi connectivity index (χ1n) is 13.6. The van der Waals surface area contributed by atoms with E-state index < -0.39 is 17.6 Å². The number of carbonyl (C=O) groups excluding carboxylic acids is 2. The van der Waals surface area contributed by atoms with Gasteiger partial charge in [-0.25, -0.2) is 4.79 Å². The predicted octanol–water partition coefficient (Wildman–Crippen LogP) is 6.29. The molecular weight excluding hydrogens is 517 g/mol. The fraction of sp³-hybridized carbons (Fsp3) is 0.355. The molecule has 4 rings (SSSR count). The molecule has 0 spiro atoms. The summed E-state index contributed by atoms with van der Waals surface area (Å²) < 4.78 is 39.6. The smallest absolute Gasteiger partial charge is 0.372 e. The highest BCUT2D eigenvalue weighted by Crippen LogP contribution is 2.37. The van der Waals surface area contributed by atoms with Gasteiger partial charge >= 0.3 is 12.2 Å². The van der Waals surface area contributed by atoms with Gasteiger partial charge in [-0.2, -0.15) is 13.2 Å². The molecule has 0 radical (unpaired) electrons. The number of urea groups is 1. The molecule has 0 fully saturated rings. The van der Waals surface area contributed by atoms with Gasteiger partial charge in [0, 0.05) is 38.3 Å². The maximum absolute atomic E-state index is 13.4. The van der Waals surface area contributed by atoms with Crippen LogP contribution < -0.4 is 16.0 Å². The minimum absolute atomic E-state index is 0.145. The minimum atomic E-state index is -4.40. The normalized spacial score (nSPS) is 13.9. The summed E-state index contributed by atoms with van der Waals surface area (Å²) in [4.78, 5) is 28.8. The van der Waals surface area contributed by atoms with Crippen LogP contribution in [0.25, 0.3) is 11.1 Å². The maximum Gasteiger partial charge on any atom is 0.416 e. The van der Waals surface area contributed by atoms with E-state index >= 15 is 0 Å². The van der Waals surface area contributed by atoms with Gasteiger partial charge in [0.15, 0.2) is 0 Å². The van der Waals surface area contributed by atoms with Gasteiger partial charge in [-0.05, 0) is 78.8 Å².